The number of non-ortho nitro benzene ring substituents is 1. The molecule has 0 radical (unpaired) electrons. The lowest BCUT2D eigenvalue weighted by molar-refractivity contribution is -0.384. The van der Waals surface area contributed by atoms with E-state index in [0.29, 0.717) is 13.1 Å². The molecule has 0 spiro atoms. The van der Waals surface area contributed by atoms with E-state index in [1.165, 1.54) is 18.2 Å². The molecule has 1 heterocycles. The number of aromatic carboxylic acids is 1. The third-order valence-electron chi connectivity index (χ3n) is 2.66. The van der Waals surface area contributed by atoms with E-state index >= 15 is 0 Å². The standard InChI is InChI=1S/C12H12N4O4/c17-12(18)10-3-2-9(16(19)20)8-11(10)13-5-7-15-6-1-4-14-15/h1-4,6,8,13H,5,7H2,(H,17,18). The number of carbonyl (C=O) groups is 1. The first-order valence-electron chi connectivity index (χ1n) is 5.81. The predicted octanol–water partition coefficient (Wildman–Crippen LogP) is 1.60. The molecule has 0 aliphatic heterocycles. The highest BCUT2D eigenvalue weighted by atomic mass is 16.6. The summed E-state index contributed by atoms with van der Waals surface area (Å²) in [7, 11) is 0. The van der Waals surface area contributed by atoms with Gasteiger partial charge in [0.25, 0.3) is 5.69 Å². The van der Waals surface area contributed by atoms with Crippen molar-refractivity contribution < 1.29 is 14.8 Å². The Kier molecular flexibility index (Phi) is 3.94. The number of nitrogens with one attached hydrogen (secondary N) is 1. The molecule has 0 saturated carbocycles. The van der Waals surface area contributed by atoms with E-state index in [2.05, 4.69) is 10.4 Å². The first-order valence-corrected chi connectivity index (χ1v) is 5.81. The van der Waals surface area contributed by atoms with E-state index in [1.54, 1.807) is 23.1 Å². The average molecular weight is 276 g/mol. The number of nitro groups is 1. The highest BCUT2D eigenvalue weighted by molar-refractivity contribution is 5.94. The quantitative estimate of drug-likeness (QED) is 0.612. The van der Waals surface area contributed by atoms with Gasteiger partial charge in [-0.05, 0) is 12.1 Å². The van der Waals surface area contributed by atoms with Crippen LogP contribution in [0.3, 0.4) is 0 Å². The Labute approximate surface area is 113 Å². The molecule has 20 heavy (non-hydrogen) atoms. The lowest BCUT2D eigenvalue weighted by atomic mass is 10.1. The van der Waals surface area contributed by atoms with Crippen LogP contribution in [0.15, 0.2) is 36.7 Å². The predicted molar refractivity (Wildman–Crippen MR) is 70.8 cm³/mol. The molecule has 1 aromatic heterocycles. The van der Waals surface area contributed by atoms with Crippen LogP contribution in [-0.4, -0.2) is 32.3 Å². The molecule has 104 valence electrons. The van der Waals surface area contributed by atoms with Crippen molar-refractivity contribution in [3.8, 4) is 0 Å². The first kappa shape index (κ1) is 13.5. The monoisotopic (exact) mass is 276 g/mol. The van der Waals surface area contributed by atoms with Gasteiger partial charge in [-0.15, -0.1) is 0 Å². The van der Waals surface area contributed by atoms with E-state index in [-0.39, 0.29) is 16.9 Å². The van der Waals surface area contributed by atoms with Gasteiger partial charge in [-0.2, -0.15) is 5.10 Å². The molecule has 2 N–H and O–H groups in total. The second-order valence-corrected chi connectivity index (χ2v) is 3.99. The Morgan fingerprint density at radius 2 is 2.30 bits per heavy atom. The Morgan fingerprint density at radius 3 is 2.90 bits per heavy atom. The SMILES string of the molecule is O=C(O)c1ccc([N+](=O)[O-])cc1NCCn1cccn1. The summed E-state index contributed by atoms with van der Waals surface area (Å²) in [5.41, 5.74) is 0.0616. The first-order chi connectivity index (χ1) is 9.58. The van der Waals surface area contributed by atoms with Gasteiger partial charge in [0.1, 0.15) is 0 Å². The van der Waals surface area contributed by atoms with Crippen molar-refractivity contribution in [2.75, 3.05) is 11.9 Å². The van der Waals surface area contributed by atoms with Gasteiger partial charge in [-0.1, -0.05) is 0 Å². The summed E-state index contributed by atoms with van der Waals surface area (Å²) in [6, 6.07) is 5.38. The van der Waals surface area contributed by atoms with Gasteiger partial charge < -0.3 is 10.4 Å². The van der Waals surface area contributed by atoms with Crippen LogP contribution >= 0.6 is 0 Å². The Balaban J connectivity index is 2.13. The molecule has 0 saturated heterocycles. The molecular weight excluding hydrogens is 264 g/mol. The minimum Gasteiger partial charge on any atom is -0.478 e. The molecule has 0 atom stereocenters. The highest BCUT2D eigenvalue weighted by Crippen LogP contribution is 2.22. The minimum absolute atomic E-state index is 0.00364. The summed E-state index contributed by atoms with van der Waals surface area (Å²) in [6.07, 6.45) is 3.41. The van der Waals surface area contributed by atoms with Crippen LogP contribution in [0, 0.1) is 10.1 Å². The number of nitro benzene ring substituents is 1. The maximum atomic E-state index is 11.1. The Hall–Kier alpha value is -2.90. The summed E-state index contributed by atoms with van der Waals surface area (Å²) in [6.45, 7) is 0.928. The highest BCUT2D eigenvalue weighted by Gasteiger charge is 2.14. The van der Waals surface area contributed by atoms with E-state index < -0.39 is 10.9 Å². The summed E-state index contributed by atoms with van der Waals surface area (Å²) < 4.78 is 1.67. The van der Waals surface area contributed by atoms with Gasteiger partial charge in [-0.25, -0.2) is 4.79 Å². The van der Waals surface area contributed by atoms with Gasteiger partial charge >= 0.3 is 5.97 Å². The number of rotatable bonds is 6. The fraction of sp³-hybridized carbons (Fsp3) is 0.167. The summed E-state index contributed by atoms with van der Waals surface area (Å²) in [5.74, 6) is -1.14. The third kappa shape index (κ3) is 3.10. The summed E-state index contributed by atoms with van der Waals surface area (Å²) in [4.78, 5) is 21.2. The molecule has 0 amide bonds. The van der Waals surface area contributed by atoms with Crippen molar-refractivity contribution in [1.29, 1.82) is 0 Å². The van der Waals surface area contributed by atoms with Crippen molar-refractivity contribution >= 4 is 17.3 Å². The largest absolute Gasteiger partial charge is 0.478 e. The number of anilines is 1. The van der Waals surface area contributed by atoms with E-state index in [9.17, 15) is 14.9 Å². The molecule has 0 bridgehead atoms. The maximum absolute atomic E-state index is 11.1. The Morgan fingerprint density at radius 1 is 1.50 bits per heavy atom. The van der Waals surface area contributed by atoms with Crippen LogP contribution in [-0.2, 0) is 6.54 Å². The molecule has 8 nitrogen and oxygen atoms in total. The Bertz CT molecular complexity index is 624. The summed E-state index contributed by atoms with van der Waals surface area (Å²) in [5, 5.41) is 26.6. The van der Waals surface area contributed by atoms with E-state index in [4.69, 9.17) is 5.11 Å². The van der Waals surface area contributed by atoms with Gasteiger partial charge in [0, 0.05) is 31.1 Å². The molecule has 2 rings (SSSR count). The number of hydrogen-bond donors (Lipinski definition) is 2. The smallest absolute Gasteiger partial charge is 0.337 e. The molecule has 1 aromatic carbocycles. The van der Waals surface area contributed by atoms with Crippen LogP contribution in [0.25, 0.3) is 0 Å². The second-order valence-electron chi connectivity index (χ2n) is 3.99. The lowest BCUT2D eigenvalue weighted by Crippen LogP contribution is -2.13. The molecular formula is C12H12N4O4. The fourth-order valence-electron chi connectivity index (χ4n) is 1.72. The third-order valence-corrected chi connectivity index (χ3v) is 2.66. The molecule has 0 fully saturated rings. The maximum Gasteiger partial charge on any atom is 0.337 e. The van der Waals surface area contributed by atoms with Crippen LogP contribution in [0.4, 0.5) is 11.4 Å². The normalized spacial score (nSPS) is 10.2. The van der Waals surface area contributed by atoms with Crippen molar-refractivity contribution in [1.82, 2.24) is 9.78 Å². The van der Waals surface area contributed by atoms with Crippen LogP contribution in [0.1, 0.15) is 10.4 Å². The zero-order chi connectivity index (χ0) is 14.5. The fourth-order valence-corrected chi connectivity index (χ4v) is 1.72. The van der Waals surface area contributed by atoms with Crippen molar-refractivity contribution in [3.05, 3.63) is 52.3 Å². The van der Waals surface area contributed by atoms with E-state index in [0.717, 1.165) is 0 Å². The van der Waals surface area contributed by atoms with E-state index in [1.807, 2.05) is 0 Å². The zero-order valence-electron chi connectivity index (χ0n) is 10.4. The number of carboxylic acids is 1. The average Bonchev–Trinajstić information content (AvgIpc) is 2.91. The van der Waals surface area contributed by atoms with Crippen molar-refractivity contribution in [2.24, 2.45) is 0 Å². The number of nitrogens with zero attached hydrogens (tertiary/aromatic N) is 3. The van der Waals surface area contributed by atoms with Gasteiger partial charge in [-0.3, -0.25) is 14.8 Å². The molecule has 0 unspecified atom stereocenters. The van der Waals surface area contributed by atoms with Crippen LogP contribution in [0.2, 0.25) is 0 Å². The van der Waals surface area contributed by atoms with Crippen molar-refractivity contribution in [2.45, 2.75) is 6.54 Å². The van der Waals surface area contributed by atoms with Gasteiger partial charge in [0.15, 0.2) is 0 Å². The molecule has 2 aromatic rings. The lowest BCUT2D eigenvalue weighted by Gasteiger charge is -2.09. The van der Waals surface area contributed by atoms with Crippen LogP contribution in [0.5, 0.6) is 0 Å². The second kappa shape index (κ2) is 5.83. The topological polar surface area (TPSA) is 110 Å². The number of hydrogen-bond acceptors (Lipinski definition) is 5. The number of aromatic nitrogens is 2. The molecule has 8 heteroatoms. The summed E-state index contributed by atoms with van der Waals surface area (Å²) >= 11 is 0. The van der Waals surface area contributed by atoms with Gasteiger partial charge in [0.2, 0.25) is 0 Å². The zero-order valence-corrected chi connectivity index (χ0v) is 10.4. The molecule has 0 aliphatic carbocycles. The molecule has 0 aliphatic rings. The minimum atomic E-state index is -1.14. The number of carboxylic acid groups (broad SMARTS) is 1. The van der Waals surface area contributed by atoms with Crippen molar-refractivity contribution in [3.63, 3.8) is 0 Å². The van der Waals surface area contributed by atoms with Crippen LogP contribution < -0.4 is 5.32 Å². The number of benzene rings is 1. The van der Waals surface area contributed by atoms with Gasteiger partial charge in [0.05, 0.1) is 22.7 Å².